The first kappa shape index (κ1) is 26.2. The van der Waals surface area contributed by atoms with E-state index in [0.717, 1.165) is 16.4 Å². The second-order valence-electron chi connectivity index (χ2n) is 7.55. The molecule has 35 heavy (non-hydrogen) atoms. The second kappa shape index (κ2) is 10.5. The molecule has 0 fully saturated rings. The minimum atomic E-state index is -4.44. The maximum absolute atomic E-state index is 14.4. The van der Waals surface area contributed by atoms with Crippen molar-refractivity contribution in [3.8, 4) is 11.5 Å². The molecule has 1 amide bonds. The Hall–Kier alpha value is -3.37. The Labute approximate surface area is 207 Å². The zero-order valence-electron chi connectivity index (χ0n) is 19.1. The Kier molecular flexibility index (Phi) is 7.86. The van der Waals surface area contributed by atoms with Gasteiger partial charge in [-0.05, 0) is 55.0 Å². The third-order valence-corrected chi connectivity index (χ3v) is 7.50. The van der Waals surface area contributed by atoms with Crippen LogP contribution in [-0.2, 0) is 21.2 Å². The number of anilines is 1. The molecule has 0 radical (unpaired) electrons. The SMILES string of the molecule is COc1ccc(S(=O)(=O)N(c2ccc(Cl)cc2Cc2c(F)cccc2F)C(C)C(N)=O)cc1OC. The summed E-state index contributed by atoms with van der Waals surface area (Å²) in [7, 11) is -1.69. The average molecular weight is 525 g/mol. The number of methoxy groups -OCH3 is 2. The molecule has 0 aliphatic rings. The zero-order valence-corrected chi connectivity index (χ0v) is 20.7. The molecule has 0 saturated carbocycles. The van der Waals surface area contributed by atoms with Crippen molar-refractivity contribution in [2.45, 2.75) is 24.3 Å². The molecule has 0 aliphatic carbocycles. The summed E-state index contributed by atoms with van der Waals surface area (Å²) in [5.41, 5.74) is 5.36. The molecule has 0 spiro atoms. The van der Waals surface area contributed by atoms with E-state index in [-0.39, 0.29) is 38.9 Å². The van der Waals surface area contributed by atoms with Crippen molar-refractivity contribution in [1.29, 1.82) is 0 Å². The molecule has 1 atom stereocenters. The fourth-order valence-corrected chi connectivity index (χ4v) is 5.43. The molecule has 0 saturated heterocycles. The minimum absolute atomic E-state index is 0.0156. The van der Waals surface area contributed by atoms with Crippen molar-refractivity contribution in [2.75, 3.05) is 18.5 Å². The number of hydrogen-bond donors (Lipinski definition) is 1. The van der Waals surface area contributed by atoms with Gasteiger partial charge in [0.25, 0.3) is 10.0 Å². The van der Waals surface area contributed by atoms with Gasteiger partial charge in [0.2, 0.25) is 5.91 Å². The van der Waals surface area contributed by atoms with E-state index in [1.54, 1.807) is 0 Å². The molecule has 0 bridgehead atoms. The van der Waals surface area contributed by atoms with E-state index in [9.17, 15) is 22.0 Å². The maximum atomic E-state index is 14.4. The van der Waals surface area contributed by atoms with E-state index < -0.39 is 33.6 Å². The van der Waals surface area contributed by atoms with Gasteiger partial charge < -0.3 is 15.2 Å². The summed E-state index contributed by atoms with van der Waals surface area (Å²) in [6.45, 7) is 1.31. The van der Waals surface area contributed by atoms with Crippen molar-refractivity contribution >= 4 is 33.2 Å². The summed E-state index contributed by atoms with van der Waals surface area (Å²) in [6.07, 6.45) is -0.335. The molecular weight excluding hydrogens is 502 g/mol. The van der Waals surface area contributed by atoms with Gasteiger partial charge in [-0.15, -0.1) is 0 Å². The fraction of sp³-hybridized carbons (Fsp3) is 0.208. The van der Waals surface area contributed by atoms with Crippen LogP contribution in [0.3, 0.4) is 0 Å². The van der Waals surface area contributed by atoms with Gasteiger partial charge in [-0.1, -0.05) is 17.7 Å². The Morgan fingerprint density at radius 3 is 2.23 bits per heavy atom. The summed E-state index contributed by atoms with van der Waals surface area (Å²) in [5.74, 6) is -2.12. The number of carbonyl (C=O) groups is 1. The lowest BCUT2D eigenvalue weighted by molar-refractivity contribution is -0.118. The van der Waals surface area contributed by atoms with Gasteiger partial charge in [0.15, 0.2) is 11.5 Å². The number of carbonyl (C=O) groups excluding carboxylic acids is 1. The van der Waals surface area contributed by atoms with Crippen molar-refractivity contribution in [1.82, 2.24) is 0 Å². The van der Waals surface area contributed by atoms with Crippen LogP contribution in [-0.4, -0.2) is 34.6 Å². The quantitative estimate of drug-likeness (QED) is 0.450. The highest BCUT2D eigenvalue weighted by atomic mass is 35.5. The summed E-state index contributed by atoms with van der Waals surface area (Å²) >= 11 is 6.14. The number of amides is 1. The van der Waals surface area contributed by atoms with Crippen LogP contribution < -0.4 is 19.5 Å². The summed E-state index contributed by atoms with van der Waals surface area (Å²) < 4.78 is 67.6. The zero-order chi connectivity index (χ0) is 25.9. The number of benzene rings is 3. The van der Waals surface area contributed by atoms with Gasteiger partial charge >= 0.3 is 0 Å². The molecule has 3 aromatic carbocycles. The van der Waals surface area contributed by atoms with Crippen molar-refractivity contribution in [2.24, 2.45) is 5.73 Å². The molecule has 0 aliphatic heterocycles. The lowest BCUT2D eigenvalue weighted by atomic mass is 10.0. The van der Waals surface area contributed by atoms with E-state index in [1.165, 1.54) is 63.6 Å². The van der Waals surface area contributed by atoms with Crippen LogP contribution in [0, 0.1) is 11.6 Å². The molecule has 0 heterocycles. The first-order valence-electron chi connectivity index (χ1n) is 10.3. The number of primary amides is 1. The molecule has 11 heteroatoms. The number of nitrogens with two attached hydrogens (primary N) is 1. The van der Waals surface area contributed by atoms with Gasteiger partial charge in [-0.3, -0.25) is 9.10 Å². The highest BCUT2D eigenvalue weighted by Crippen LogP contribution is 2.36. The topological polar surface area (TPSA) is 98.9 Å². The van der Waals surface area contributed by atoms with Gasteiger partial charge in [0.1, 0.15) is 17.7 Å². The van der Waals surface area contributed by atoms with Crippen LogP contribution >= 0.6 is 11.6 Å². The molecular formula is C24H23ClF2N2O5S. The molecule has 2 N–H and O–H groups in total. The first-order valence-corrected chi connectivity index (χ1v) is 12.1. The monoisotopic (exact) mass is 524 g/mol. The van der Waals surface area contributed by atoms with Crippen LogP contribution in [0.1, 0.15) is 18.1 Å². The van der Waals surface area contributed by atoms with Crippen LogP contribution in [0.25, 0.3) is 0 Å². The van der Waals surface area contributed by atoms with Crippen molar-refractivity contribution < 1.29 is 31.5 Å². The lowest BCUT2D eigenvalue weighted by Crippen LogP contribution is -2.46. The van der Waals surface area contributed by atoms with E-state index >= 15 is 0 Å². The van der Waals surface area contributed by atoms with Crippen LogP contribution in [0.2, 0.25) is 5.02 Å². The summed E-state index contributed by atoms with van der Waals surface area (Å²) in [6, 6.07) is 10.1. The highest BCUT2D eigenvalue weighted by Gasteiger charge is 2.34. The van der Waals surface area contributed by atoms with Crippen molar-refractivity contribution in [3.63, 3.8) is 0 Å². The number of nitrogens with zero attached hydrogens (tertiary/aromatic N) is 1. The number of hydrogen-bond acceptors (Lipinski definition) is 5. The first-order chi connectivity index (χ1) is 16.5. The van der Waals surface area contributed by atoms with E-state index in [2.05, 4.69) is 0 Å². The van der Waals surface area contributed by atoms with Crippen molar-refractivity contribution in [3.05, 3.63) is 82.4 Å². The largest absolute Gasteiger partial charge is 0.493 e. The second-order valence-corrected chi connectivity index (χ2v) is 9.80. The Balaban J connectivity index is 2.24. The molecule has 3 aromatic rings. The van der Waals surface area contributed by atoms with E-state index in [4.69, 9.17) is 26.8 Å². The van der Waals surface area contributed by atoms with Gasteiger partial charge in [-0.2, -0.15) is 0 Å². The lowest BCUT2D eigenvalue weighted by Gasteiger charge is -2.31. The van der Waals surface area contributed by atoms with E-state index in [0.29, 0.717) is 5.75 Å². The summed E-state index contributed by atoms with van der Waals surface area (Å²) in [5, 5.41) is 0.204. The normalized spacial score (nSPS) is 12.2. The third kappa shape index (κ3) is 5.33. The number of rotatable bonds is 9. The standard InChI is InChI=1S/C24H23ClF2N2O5S/c1-14(24(28)30)29(35(31,32)17-8-10-22(33-2)23(13-17)34-3)21-9-7-16(25)11-15(21)12-18-19(26)5-4-6-20(18)27/h4-11,13-14H,12H2,1-3H3,(H2,28,30). The number of ether oxygens (including phenoxy) is 2. The molecule has 7 nitrogen and oxygen atoms in total. The number of sulfonamides is 1. The minimum Gasteiger partial charge on any atom is -0.493 e. The van der Waals surface area contributed by atoms with Crippen LogP contribution in [0.15, 0.2) is 59.5 Å². The van der Waals surface area contributed by atoms with Gasteiger partial charge in [0.05, 0.1) is 24.8 Å². The molecule has 0 aromatic heterocycles. The predicted octanol–water partition coefficient (Wildman–Crippen LogP) is 4.30. The highest BCUT2D eigenvalue weighted by molar-refractivity contribution is 7.93. The Morgan fingerprint density at radius 1 is 1.03 bits per heavy atom. The molecule has 186 valence electrons. The number of halogens is 3. The maximum Gasteiger partial charge on any atom is 0.265 e. The smallest absolute Gasteiger partial charge is 0.265 e. The Bertz CT molecular complexity index is 1350. The predicted molar refractivity (Wildman–Crippen MR) is 128 cm³/mol. The van der Waals surface area contributed by atoms with Gasteiger partial charge in [-0.25, -0.2) is 17.2 Å². The Morgan fingerprint density at radius 2 is 1.66 bits per heavy atom. The molecule has 3 rings (SSSR count). The summed E-state index contributed by atoms with van der Waals surface area (Å²) in [4.78, 5) is 12.0. The van der Waals surface area contributed by atoms with Crippen LogP contribution in [0.4, 0.5) is 14.5 Å². The average Bonchev–Trinajstić information content (AvgIpc) is 2.82. The fourth-order valence-electron chi connectivity index (χ4n) is 3.55. The van der Waals surface area contributed by atoms with Gasteiger partial charge in [0, 0.05) is 23.1 Å². The molecule has 1 unspecified atom stereocenters. The van der Waals surface area contributed by atoms with Crippen LogP contribution in [0.5, 0.6) is 11.5 Å². The third-order valence-electron chi connectivity index (χ3n) is 5.38. The van der Waals surface area contributed by atoms with E-state index in [1.807, 2.05) is 0 Å².